The minimum Gasteiger partial charge on any atom is -0.323 e. The maximum atomic E-state index is 13.0. The van der Waals surface area contributed by atoms with Gasteiger partial charge in [-0.25, -0.2) is 9.18 Å². The molecule has 1 aromatic rings. The maximum absolute atomic E-state index is 13.0. The van der Waals surface area contributed by atoms with Crippen molar-refractivity contribution < 1.29 is 9.18 Å². The van der Waals surface area contributed by atoms with Crippen molar-refractivity contribution in [1.82, 2.24) is 10.2 Å². The van der Waals surface area contributed by atoms with E-state index in [-0.39, 0.29) is 24.3 Å². The molecule has 0 saturated carbocycles. The summed E-state index contributed by atoms with van der Waals surface area (Å²) in [5, 5.41) is 5.90. The van der Waals surface area contributed by atoms with Crippen molar-refractivity contribution in [2.75, 3.05) is 25.5 Å². The van der Waals surface area contributed by atoms with E-state index in [1.165, 1.54) is 12.1 Å². The van der Waals surface area contributed by atoms with Crippen LogP contribution in [0.2, 0.25) is 0 Å². The van der Waals surface area contributed by atoms with E-state index in [2.05, 4.69) is 10.6 Å². The predicted octanol–water partition coefficient (Wildman–Crippen LogP) is 2.46. The highest BCUT2D eigenvalue weighted by Crippen LogP contribution is 2.13. The monoisotopic (exact) mass is 287 g/mol. The highest BCUT2D eigenvalue weighted by molar-refractivity contribution is 5.89. The van der Waals surface area contributed by atoms with Gasteiger partial charge in [-0.05, 0) is 38.1 Å². The number of likely N-dealkylation sites (tertiary alicyclic amines) is 1. The first-order valence-electron chi connectivity index (χ1n) is 6.18. The Kier molecular flexibility index (Phi) is 6.05. The predicted molar refractivity (Wildman–Crippen MR) is 76.3 cm³/mol. The zero-order valence-electron chi connectivity index (χ0n) is 10.9. The van der Waals surface area contributed by atoms with Crippen LogP contribution in [0.3, 0.4) is 0 Å². The van der Waals surface area contributed by atoms with Crippen LogP contribution >= 0.6 is 12.4 Å². The normalized spacial score (nSPS) is 18.6. The third-order valence-electron chi connectivity index (χ3n) is 3.19. The van der Waals surface area contributed by atoms with Crippen LogP contribution in [0.25, 0.3) is 0 Å². The van der Waals surface area contributed by atoms with Crippen LogP contribution in [0.4, 0.5) is 14.9 Å². The van der Waals surface area contributed by atoms with Gasteiger partial charge < -0.3 is 15.5 Å². The number of likely N-dealkylation sites (N-methyl/N-ethyl adjacent to an activating group) is 1. The van der Waals surface area contributed by atoms with Crippen molar-refractivity contribution in [1.29, 1.82) is 0 Å². The number of rotatable bonds is 2. The number of carbonyl (C=O) groups is 1. The van der Waals surface area contributed by atoms with Gasteiger partial charge in [-0.2, -0.15) is 0 Å². The van der Waals surface area contributed by atoms with Crippen molar-refractivity contribution in [2.45, 2.75) is 18.9 Å². The number of halogens is 2. The van der Waals surface area contributed by atoms with Gasteiger partial charge in [0.15, 0.2) is 0 Å². The van der Waals surface area contributed by atoms with Crippen molar-refractivity contribution in [3.8, 4) is 0 Å². The van der Waals surface area contributed by atoms with Crippen molar-refractivity contribution in [2.24, 2.45) is 0 Å². The summed E-state index contributed by atoms with van der Waals surface area (Å²) in [5.74, 6) is -0.348. The number of anilines is 1. The smallest absolute Gasteiger partial charge is 0.321 e. The second-order valence-electron chi connectivity index (χ2n) is 4.51. The fourth-order valence-electron chi connectivity index (χ4n) is 2.17. The molecule has 1 heterocycles. The molecule has 2 amide bonds. The number of carbonyl (C=O) groups excluding carboxylic acids is 1. The van der Waals surface area contributed by atoms with E-state index in [0.717, 1.165) is 19.4 Å². The van der Waals surface area contributed by atoms with Crippen LogP contribution in [-0.2, 0) is 0 Å². The van der Waals surface area contributed by atoms with Gasteiger partial charge in [-0.1, -0.05) is 6.07 Å². The fourth-order valence-corrected chi connectivity index (χ4v) is 2.17. The molecule has 0 spiro atoms. The van der Waals surface area contributed by atoms with Gasteiger partial charge in [-0.3, -0.25) is 0 Å². The Hall–Kier alpha value is -1.33. The number of hydrogen-bond acceptors (Lipinski definition) is 2. The highest BCUT2D eigenvalue weighted by Gasteiger charge is 2.22. The first kappa shape index (κ1) is 15.7. The van der Waals surface area contributed by atoms with Gasteiger partial charge in [0.25, 0.3) is 0 Å². The lowest BCUT2D eigenvalue weighted by atomic mass is 10.1. The summed E-state index contributed by atoms with van der Waals surface area (Å²) < 4.78 is 13.0. The summed E-state index contributed by atoms with van der Waals surface area (Å²) in [6.45, 7) is 1.44. The molecule has 0 unspecified atom stereocenters. The number of nitrogens with one attached hydrogen (secondary N) is 2. The molecule has 106 valence electrons. The molecule has 0 bridgehead atoms. The van der Waals surface area contributed by atoms with Gasteiger partial charge in [0.1, 0.15) is 5.82 Å². The molecule has 0 aliphatic carbocycles. The first-order valence-corrected chi connectivity index (χ1v) is 6.18. The molecule has 1 saturated heterocycles. The second-order valence-corrected chi connectivity index (χ2v) is 4.51. The van der Waals surface area contributed by atoms with Gasteiger partial charge >= 0.3 is 6.03 Å². The minimum absolute atomic E-state index is 0. The van der Waals surface area contributed by atoms with Crippen LogP contribution < -0.4 is 10.6 Å². The molecule has 19 heavy (non-hydrogen) atoms. The van der Waals surface area contributed by atoms with Gasteiger partial charge in [0, 0.05) is 24.8 Å². The lowest BCUT2D eigenvalue weighted by molar-refractivity contribution is 0.187. The second kappa shape index (κ2) is 7.31. The van der Waals surface area contributed by atoms with Crippen molar-refractivity contribution in [3.63, 3.8) is 0 Å². The number of hydrogen-bond donors (Lipinski definition) is 2. The van der Waals surface area contributed by atoms with E-state index in [4.69, 9.17) is 0 Å². The van der Waals surface area contributed by atoms with E-state index in [1.54, 1.807) is 17.0 Å². The zero-order valence-corrected chi connectivity index (χ0v) is 11.7. The molecule has 1 fully saturated rings. The summed E-state index contributed by atoms with van der Waals surface area (Å²) in [6.07, 6.45) is 2.07. The molecular formula is C13H19ClFN3O. The Balaban J connectivity index is 0.00000180. The molecule has 1 atom stereocenters. The lowest BCUT2D eigenvalue weighted by Crippen LogP contribution is -2.48. The van der Waals surface area contributed by atoms with Gasteiger partial charge in [0.05, 0.1) is 0 Å². The van der Waals surface area contributed by atoms with Crippen LogP contribution in [0.5, 0.6) is 0 Å². The topological polar surface area (TPSA) is 44.4 Å². The van der Waals surface area contributed by atoms with E-state index < -0.39 is 0 Å². The number of urea groups is 1. The Bertz CT molecular complexity index is 430. The molecule has 1 aliphatic rings. The van der Waals surface area contributed by atoms with Crippen molar-refractivity contribution >= 4 is 24.1 Å². The Morgan fingerprint density at radius 3 is 2.95 bits per heavy atom. The number of piperidine rings is 1. The standard InChI is InChI=1S/C13H18FN3O.ClH/c1-15-12-6-3-7-17(9-12)13(18)16-11-5-2-4-10(14)8-11;/h2,4-5,8,12,15H,3,6-7,9H2,1H3,(H,16,18);1H/t12-;/m1./s1. The quantitative estimate of drug-likeness (QED) is 0.878. The summed E-state index contributed by atoms with van der Waals surface area (Å²) in [4.78, 5) is 13.8. The molecule has 1 aliphatic heterocycles. The molecular weight excluding hydrogens is 269 g/mol. The van der Waals surface area contributed by atoms with Crippen LogP contribution in [0.15, 0.2) is 24.3 Å². The third-order valence-corrected chi connectivity index (χ3v) is 3.19. The summed E-state index contributed by atoms with van der Waals surface area (Å²) in [7, 11) is 1.90. The summed E-state index contributed by atoms with van der Waals surface area (Å²) in [6, 6.07) is 6.11. The largest absolute Gasteiger partial charge is 0.323 e. The van der Waals surface area contributed by atoms with Gasteiger partial charge in [-0.15, -0.1) is 12.4 Å². The average Bonchev–Trinajstić information content (AvgIpc) is 2.39. The molecule has 1 aromatic carbocycles. The first-order chi connectivity index (χ1) is 8.69. The number of benzene rings is 1. The molecule has 4 nitrogen and oxygen atoms in total. The summed E-state index contributed by atoms with van der Waals surface area (Å²) in [5.41, 5.74) is 0.492. The van der Waals surface area contributed by atoms with Crippen LogP contribution in [-0.4, -0.2) is 37.1 Å². The van der Waals surface area contributed by atoms with E-state index >= 15 is 0 Å². The summed E-state index contributed by atoms with van der Waals surface area (Å²) >= 11 is 0. The molecule has 6 heteroatoms. The fraction of sp³-hybridized carbons (Fsp3) is 0.462. The number of nitrogens with zero attached hydrogens (tertiary/aromatic N) is 1. The molecule has 0 radical (unpaired) electrons. The van der Waals surface area contributed by atoms with Crippen molar-refractivity contribution in [3.05, 3.63) is 30.1 Å². The Labute approximate surface area is 118 Å². The van der Waals surface area contributed by atoms with Crippen LogP contribution in [0.1, 0.15) is 12.8 Å². The minimum atomic E-state index is -0.348. The zero-order chi connectivity index (χ0) is 13.0. The molecule has 2 rings (SSSR count). The van der Waals surface area contributed by atoms with Gasteiger partial charge in [0.2, 0.25) is 0 Å². The average molecular weight is 288 g/mol. The van der Waals surface area contributed by atoms with Crippen LogP contribution in [0, 0.1) is 5.82 Å². The highest BCUT2D eigenvalue weighted by atomic mass is 35.5. The Morgan fingerprint density at radius 2 is 2.26 bits per heavy atom. The van der Waals surface area contributed by atoms with E-state index in [1.807, 2.05) is 7.05 Å². The van der Waals surface area contributed by atoms with E-state index in [0.29, 0.717) is 18.3 Å². The maximum Gasteiger partial charge on any atom is 0.321 e. The lowest BCUT2D eigenvalue weighted by Gasteiger charge is -2.32. The molecule has 2 N–H and O–H groups in total. The SMILES string of the molecule is CN[C@@H]1CCCN(C(=O)Nc2cccc(F)c2)C1.Cl. The Morgan fingerprint density at radius 1 is 1.47 bits per heavy atom. The molecule has 0 aromatic heterocycles. The number of amides is 2. The van der Waals surface area contributed by atoms with E-state index in [9.17, 15) is 9.18 Å². The third kappa shape index (κ3) is 4.36.